The van der Waals surface area contributed by atoms with Gasteiger partial charge in [-0.15, -0.1) is 0 Å². The smallest absolute Gasteiger partial charge is 0.151 e. The molecule has 0 aliphatic carbocycles. The summed E-state index contributed by atoms with van der Waals surface area (Å²) in [6.07, 6.45) is 1.02. The van der Waals surface area contributed by atoms with Crippen molar-refractivity contribution in [2.75, 3.05) is 13.2 Å². The second-order valence-corrected chi connectivity index (χ2v) is 4.42. The van der Waals surface area contributed by atoms with Crippen molar-refractivity contribution in [1.29, 1.82) is 0 Å². The second kappa shape index (κ2) is 6.66. The number of hydrogen-bond donors (Lipinski definition) is 0. The summed E-state index contributed by atoms with van der Waals surface area (Å²) in [5.41, 5.74) is 0.616. The van der Waals surface area contributed by atoms with E-state index in [0.29, 0.717) is 18.8 Å². The van der Waals surface area contributed by atoms with Crippen LogP contribution in [-0.4, -0.2) is 25.6 Å². The molecule has 0 atom stereocenters. The fraction of sp³-hybridized carbons (Fsp3) is 0.417. The molecule has 0 amide bonds. The zero-order chi connectivity index (χ0) is 12.0. The largest absolute Gasteiger partial charge is 0.491 e. The number of hydrogen-bond acceptors (Lipinski definition) is 3. The molecule has 16 heavy (non-hydrogen) atoms. The zero-order valence-electron chi connectivity index (χ0n) is 9.40. The standard InChI is InChI=1S/C12H15BrO3/c1-9(2)15-5-6-16-11-4-3-10(8-14)12(13)7-11/h3-4,7-9H,5-6H2,1-2H3. The Morgan fingerprint density at radius 1 is 1.38 bits per heavy atom. The molecular weight excluding hydrogens is 272 g/mol. The average Bonchev–Trinajstić information content (AvgIpc) is 2.24. The van der Waals surface area contributed by atoms with Crippen LogP contribution in [0.5, 0.6) is 5.75 Å². The fourth-order valence-corrected chi connectivity index (χ4v) is 1.59. The van der Waals surface area contributed by atoms with E-state index in [0.717, 1.165) is 16.5 Å². The van der Waals surface area contributed by atoms with Gasteiger partial charge in [-0.2, -0.15) is 0 Å². The molecule has 0 saturated heterocycles. The molecule has 0 spiro atoms. The van der Waals surface area contributed by atoms with Gasteiger partial charge in [0, 0.05) is 10.0 Å². The summed E-state index contributed by atoms with van der Waals surface area (Å²) in [5.74, 6) is 0.727. The van der Waals surface area contributed by atoms with Crippen LogP contribution in [-0.2, 0) is 4.74 Å². The molecule has 0 heterocycles. The fourth-order valence-electron chi connectivity index (χ4n) is 1.14. The van der Waals surface area contributed by atoms with Gasteiger partial charge in [0.1, 0.15) is 12.4 Å². The van der Waals surface area contributed by atoms with Crippen molar-refractivity contribution in [1.82, 2.24) is 0 Å². The van der Waals surface area contributed by atoms with Gasteiger partial charge in [0.05, 0.1) is 12.7 Å². The Kier molecular flexibility index (Phi) is 5.49. The minimum atomic E-state index is 0.216. The highest BCUT2D eigenvalue weighted by molar-refractivity contribution is 9.10. The van der Waals surface area contributed by atoms with E-state index in [1.54, 1.807) is 18.2 Å². The molecular formula is C12H15BrO3. The van der Waals surface area contributed by atoms with E-state index in [2.05, 4.69) is 15.9 Å². The topological polar surface area (TPSA) is 35.5 Å². The Morgan fingerprint density at radius 2 is 2.12 bits per heavy atom. The maximum Gasteiger partial charge on any atom is 0.151 e. The van der Waals surface area contributed by atoms with E-state index in [4.69, 9.17) is 9.47 Å². The highest BCUT2D eigenvalue weighted by Crippen LogP contribution is 2.21. The van der Waals surface area contributed by atoms with Crippen LogP contribution in [0, 0.1) is 0 Å². The van der Waals surface area contributed by atoms with Crippen LogP contribution in [0.15, 0.2) is 22.7 Å². The van der Waals surface area contributed by atoms with Gasteiger partial charge in [-0.05, 0) is 48.0 Å². The van der Waals surface area contributed by atoms with E-state index in [1.165, 1.54) is 0 Å². The van der Waals surface area contributed by atoms with Gasteiger partial charge < -0.3 is 9.47 Å². The van der Waals surface area contributed by atoms with Gasteiger partial charge in [0.15, 0.2) is 6.29 Å². The van der Waals surface area contributed by atoms with Crippen molar-refractivity contribution in [3.05, 3.63) is 28.2 Å². The third-order valence-electron chi connectivity index (χ3n) is 1.90. The summed E-state index contributed by atoms with van der Waals surface area (Å²) in [4.78, 5) is 10.6. The summed E-state index contributed by atoms with van der Waals surface area (Å²) < 4.78 is 11.6. The molecule has 1 aromatic rings. The van der Waals surface area contributed by atoms with Gasteiger partial charge in [0.2, 0.25) is 0 Å². The van der Waals surface area contributed by atoms with Crippen molar-refractivity contribution < 1.29 is 14.3 Å². The highest BCUT2D eigenvalue weighted by atomic mass is 79.9. The quantitative estimate of drug-likeness (QED) is 0.596. The monoisotopic (exact) mass is 286 g/mol. The van der Waals surface area contributed by atoms with E-state index in [-0.39, 0.29) is 6.10 Å². The highest BCUT2D eigenvalue weighted by Gasteiger charge is 2.01. The Balaban J connectivity index is 2.43. The Bertz CT molecular complexity index is 350. The van der Waals surface area contributed by atoms with Crippen LogP contribution in [0.1, 0.15) is 24.2 Å². The molecule has 1 rings (SSSR count). The molecule has 3 nitrogen and oxygen atoms in total. The van der Waals surface area contributed by atoms with Crippen LogP contribution < -0.4 is 4.74 Å². The van der Waals surface area contributed by atoms with Gasteiger partial charge in [0.25, 0.3) is 0 Å². The number of benzene rings is 1. The predicted molar refractivity (Wildman–Crippen MR) is 66.1 cm³/mol. The molecule has 0 radical (unpaired) electrons. The molecule has 0 unspecified atom stereocenters. The number of aldehydes is 1. The number of halogens is 1. The Labute approximate surface area is 104 Å². The number of carbonyl (C=O) groups excluding carboxylic acids is 1. The molecule has 88 valence electrons. The number of ether oxygens (including phenoxy) is 2. The average molecular weight is 287 g/mol. The van der Waals surface area contributed by atoms with Gasteiger partial charge in [-0.1, -0.05) is 0 Å². The molecule has 0 saturated carbocycles. The summed E-state index contributed by atoms with van der Waals surface area (Å²) >= 11 is 3.30. The van der Waals surface area contributed by atoms with Crippen LogP contribution in [0.25, 0.3) is 0 Å². The van der Waals surface area contributed by atoms with Gasteiger partial charge in [-0.3, -0.25) is 4.79 Å². The van der Waals surface area contributed by atoms with Crippen LogP contribution in [0.2, 0.25) is 0 Å². The molecule has 1 aromatic carbocycles. The first-order chi connectivity index (χ1) is 7.63. The van der Waals surface area contributed by atoms with E-state index in [1.807, 2.05) is 13.8 Å². The third-order valence-corrected chi connectivity index (χ3v) is 2.59. The summed E-state index contributed by atoms with van der Waals surface area (Å²) in [7, 11) is 0. The Hall–Kier alpha value is -0.870. The lowest BCUT2D eigenvalue weighted by Gasteiger charge is -2.09. The minimum absolute atomic E-state index is 0.216. The van der Waals surface area contributed by atoms with Crippen LogP contribution in [0.4, 0.5) is 0 Å². The maximum atomic E-state index is 10.6. The normalized spacial score (nSPS) is 10.5. The number of rotatable bonds is 6. The molecule has 0 bridgehead atoms. The summed E-state index contributed by atoms with van der Waals surface area (Å²) in [5, 5.41) is 0. The SMILES string of the molecule is CC(C)OCCOc1ccc(C=O)c(Br)c1. The van der Waals surface area contributed by atoms with Crippen molar-refractivity contribution >= 4 is 22.2 Å². The molecule has 0 aliphatic heterocycles. The minimum Gasteiger partial charge on any atom is -0.491 e. The van der Waals surface area contributed by atoms with Gasteiger partial charge >= 0.3 is 0 Å². The molecule has 0 aliphatic rings. The molecule has 0 aromatic heterocycles. The first kappa shape index (κ1) is 13.2. The van der Waals surface area contributed by atoms with E-state index in [9.17, 15) is 4.79 Å². The van der Waals surface area contributed by atoms with Crippen molar-refractivity contribution in [2.45, 2.75) is 20.0 Å². The maximum absolute atomic E-state index is 10.6. The van der Waals surface area contributed by atoms with E-state index < -0.39 is 0 Å². The van der Waals surface area contributed by atoms with Crippen molar-refractivity contribution in [2.24, 2.45) is 0 Å². The van der Waals surface area contributed by atoms with Crippen LogP contribution in [0.3, 0.4) is 0 Å². The zero-order valence-corrected chi connectivity index (χ0v) is 11.0. The third kappa shape index (κ3) is 4.33. The van der Waals surface area contributed by atoms with Crippen molar-refractivity contribution in [3.8, 4) is 5.75 Å². The Morgan fingerprint density at radius 3 is 2.69 bits per heavy atom. The predicted octanol–water partition coefficient (Wildman–Crippen LogP) is 3.07. The first-order valence-electron chi connectivity index (χ1n) is 5.12. The lowest BCUT2D eigenvalue weighted by molar-refractivity contribution is 0.0552. The molecule has 4 heteroatoms. The number of carbonyl (C=O) groups is 1. The summed E-state index contributed by atoms with van der Waals surface area (Å²) in [6, 6.07) is 5.26. The van der Waals surface area contributed by atoms with Crippen molar-refractivity contribution in [3.63, 3.8) is 0 Å². The van der Waals surface area contributed by atoms with E-state index >= 15 is 0 Å². The molecule has 0 N–H and O–H groups in total. The molecule has 0 fully saturated rings. The second-order valence-electron chi connectivity index (χ2n) is 3.57. The lowest BCUT2D eigenvalue weighted by atomic mass is 10.2. The lowest BCUT2D eigenvalue weighted by Crippen LogP contribution is -2.11. The summed E-state index contributed by atoms with van der Waals surface area (Å²) in [6.45, 7) is 5.03. The van der Waals surface area contributed by atoms with Crippen LogP contribution >= 0.6 is 15.9 Å². The van der Waals surface area contributed by atoms with Gasteiger partial charge in [-0.25, -0.2) is 0 Å². The first-order valence-corrected chi connectivity index (χ1v) is 5.92.